The van der Waals surface area contributed by atoms with Crippen LogP contribution in [0, 0.1) is 0 Å². The zero-order chi connectivity index (χ0) is 13.9. The molecule has 19 heavy (non-hydrogen) atoms. The van der Waals surface area contributed by atoms with Crippen LogP contribution in [-0.4, -0.2) is 33.2 Å². The molecule has 7 heteroatoms. The Hall–Kier alpha value is -1.47. The Balaban J connectivity index is 1.96. The Morgan fingerprint density at radius 2 is 2.16 bits per heavy atom. The van der Waals surface area contributed by atoms with Gasteiger partial charge in [-0.1, -0.05) is 0 Å². The van der Waals surface area contributed by atoms with Gasteiger partial charge in [-0.25, -0.2) is 0 Å². The topological polar surface area (TPSA) is 99.8 Å². The Labute approximate surface area is 113 Å². The maximum atomic E-state index is 11.9. The minimum atomic E-state index is -1.33. The van der Waals surface area contributed by atoms with E-state index in [1.165, 1.54) is 0 Å². The fourth-order valence-corrected chi connectivity index (χ4v) is 2.97. The second kappa shape index (κ2) is 5.66. The van der Waals surface area contributed by atoms with Gasteiger partial charge in [-0.3, -0.25) is 9.59 Å². The first-order chi connectivity index (χ1) is 9.01. The van der Waals surface area contributed by atoms with E-state index in [9.17, 15) is 14.7 Å². The van der Waals surface area contributed by atoms with Crippen molar-refractivity contribution in [3.05, 3.63) is 28.3 Å². The van der Waals surface area contributed by atoms with Crippen molar-refractivity contribution < 1.29 is 19.4 Å². The molecule has 1 aromatic heterocycles. The number of carbonyl (C=O) groups is 1. The third kappa shape index (κ3) is 3.30. The standard InChI is InChI=1S/C12H15NO5S/c14-9-5-8(18-7-10(9)15)6-13-11(16)12(17)1-3-19-4-2-12/h5,7,15,17H,1-4,6H2,(H,13,16). The molecule has 0 saturated carbocycles. The molecule has 2 rings (SSSR count). The highest BCUT2D eigenvalue weighted by molar-refractivity contribution is 7.99. The summed E-state index contributed by atoms with van der Waals surface area (Å²) in [6, 6.07) is 1.11. The van der Waals surface area contributed by atoms with Crippen LogP contribution in [0.2, 0.25) is 0 Å². The minimum absolute atomic E-state index is 0.00378. The molecule has 6 nitrogen and oxygen atoms in total. The molecule has 0 unspecified atom stereocenters. The molecule has 1 amide bonds. The number of carbonyl (C=O) groups excluding carboxylic acids is 1. The molecule has 1 saturated heterocycles. The van der Waals surface area contributed by atoms with Crippen LogP contribution in [0.15, 0.2) is 21.5 Å². The van der Waals surface area contributed by atoms with E-state index >= 15 is 0 Å². The lowest BCUT2D eigenvalue weighted by Gasteiger charge is -2.30. The minimum Gasteiger partial charge on any atom is -0.502 e. The summed E-state index contributed by atoms with van der Waals surface area (Å²) in [4.78, 5) is 23.1. The van der Waals surface area contributed by atoms with E-state index < -0.39 is 22.7 Å². The zero-order valence-corrected chi connectivity index (χ0v) is 11.0. The monoisotopic (exact) mass is 285 g/mol. The second-order valence-corrected chi connectivity index (χ2v) is 5.65. The third-order valence-electron chi connectivity index (χ3n) is 3.03. The summed E-state index contributed by atoms with van der Waals surface area (Å²) in [5, 5.41) is 21.7. The molecule has 0 atom stereocenters. The van der Waals surface area contributed by atoms with E-state index in [1.807, 2.05) is 0 Å². The van der Waals surface area contributed by atoms with Crippen molar-refractivity contribution in [2.45, 2.75) is 25.0 Å². The predicted molar refractivity (Wildman–Crippen MR) is 70.0 cm³/mol. The fourth-order valence-electron chi connectivity index (χ4n) is 1.80. The normalized spacial score (nSPS) is 17.9. The molecule has 104 valence electrons. The molecule has 0 bridgehead atoms. The van der Waals surface area contributed by atoms with Gasteiger partial charge in [0.05, 0.1) is 6.54 Å². The van der Waals surface area contributed by atoms with E-state index in [4.69, 9.17) is 9.52 Å². The van der Waals surface area contributed by atoms with Crippen LogP contribution in [0.4, 0.5) is 0 Å². The van der Waals surface area contributed by atoms with E-state index in [1.54, 1.807) is 11.8 Å². The summed E-state index contributed by atoms with van der Waals surface area (Å²) in [7, 11) is 0. The molecule has 1 aliphatic heterocycles. The van der Waals surface area contributed by atoms with Crippen molar-refractivity contribution in [1.29, 1.82) is 0 Å². The maximum Gasteiger partial charge on any atom is 0.252 e. The smallest absolute Gasteiger partial charge is 0.252 e. The van der Waals surface area contributed by atoms with Crippen LogP contribution in [-0.2, 0) is 11.3 Å². The lowest BCUT2D eigenvalue weighted by atomic mass is 9.96. The van der Waals surface area contributed by atoms with E-state index in [-0.39, 0.29) is 12.3 Å². The first-order valence-corrected chi connectivity index (χ1v) is 7.06. The van der Waals surface area contributed by atoms with Crippen molar-refractivity contribution in [3.63, 3.8) is 0 Å². The van der Waals surface area contributed by atoms with Gasteiger partial charge in [0.1, 0.15) is 17.6 Å². The first kappa shape index (κ1) is 14.0. The number of hydrogen-bond acceptors (Lipinski definition) is 6. The molecule has 2 heterocycles. The summed E-state index contributed by atoms with van der Waals surface area (Å²) < 4.78 is 4.96. The van der Waals surface area contributed by atoms with E-state index in [0.29, 0.717) is 12.8 Å². The number of aromatic hydroxyl groups is 1. The Morgan fingerprint density at radius 3 is 2.79 bits per heavy atom. The summed E-state index contributed by atoms with van der Waals surface area (Å²) in [5.74, 6) is 0.794. The van der Waals surface area contributed by atoms with Crippen molar-refractivity contribution >= 4 is 17.7 Å². The van der Waals surface area contributed by atoms with Gasteiger partial charge in [-0.05, 0) is 24.3 Å². The lowest BCUT2D eigenvalue weighted by Crippen LogP contribution is -2.48. The first-order valence-electron chi connectivity index (χ1n) is 5.90. The van der Waals surface area contributed by atoms with Crippen molar-refractivity contribution in [2.24, 2.45) is 0 Å². The molecule has 0 aliphatic carbocycles. The number of thioether (sulfide) groups is 1. The van der Waals surface area contributed by atoms with Crippen LogP contribution in [0.1, 0.15) is 18.6 Å². The summed E-state index contributed by atoms with van der Waals surface area (Å²) in [6.07, 6.45) is 1.77. The highest BCUT2D eigenvalue weighted by Crippen LogP contribution is 2.27. The largest absolute Gasteiger partial charge is 0.502 e. The molecule has 0 radical (unpaired) electrons. The van der Waals surface area contributed by atoms with Crippen LogP contribution in [0.5, 0.6) is 5.75 Å². The van der Waals surface area contributed by atoms with Crippen LogP contribution in [0.25, 0.3) is 0 Å². The molecule has 0 aromatic carbocycles. The Morgan fingerprint density at radius 1 is 1.47 bits per heavy atom. The van der Waals surface area contributed by atoms with Crippen molar-refractivity contribution in [2.75, 3.05) is 11.5 Å². The lowest BCUT2D eigenvalue weighted by molar-refractivity contribution is -0.140. The second-order valence-electron chi connectivity index (χ2n) is 4.42. The number of amides is 1. The number of hydrogen-bond donors (Lipinski definition) is 3. The molecule has 1 aromatic rings. The van der Waals surface area contributed by atoms with E-state index in [0.717, 1.165) is 23.8 Å². The quantitative estimate of drug-likeness (QED) is 0.734. The van der Waals surface area contributed by atoms with E-state index in [2.05, 4.69) is 5.32 Å². The van der Waals surface area contributed by atoms with Gasteiger partial charge < -0.3 is 19.9 Å². The molecule has 1 fully saturated rings. The average Bonchev–Trinajstić information content (AvgIpc) is 2.40. The van der Waals surface area contributed by atoms with Crippen molar-refractivity contribution in [3.8, 4) is 5.75 Å². The zero-order valence-electron chi connectivity index (χ0n) is 10.2. The van der Waals surface area contributed by atoms with Gasteiger partial charge in [-0.2, -0.15) is 11.8 Å². The molecule has 3 N–H and O–H groups in total. The predicted octanol–water partition coefficient (Wildman–Crippen LogP) is 0.220. The fraction of sp³-hybridized carbons (Fsp3) is 0.500. The van der Waals surface area contributed by atoms with Gasteiger partial charge in [0.2, 0.25) is 5.43 Å². The van der Waals surface area contributed by atoms with Gasteiger partial charge in [0.15, 0.2) is 5.75 Å². The van der Waals surface area contributed by atoms with Crippen LogP contribution < -0.4 is 10.7 Å². The van der Waals surface area contributed by atoms with Crippen LogP contribution in [0.3, 0.4) is 0 Å². The maximum absolute atomic E-state index is 11.9. The highest BCUT2D eigenvalue weighted by atomic mass is 32.2. The molecular formula is C12H15NO5S. The van der Waals surface area contributed by atoms with Crippen LogP contribution >= 0.6 is 11.8 Å². The van der Waals surface area contributed by atoms with Crippen molar-refractivity contribution in [1.82, 2.24) is 5.32 Å². The summed E-state index contributed by atoms with van der Waals surface area (Å²) in [6.45, 7) is 0.00378. The van der Waals surface area contributed by atoms with Gasteiger partial charge in [0.25, 0.3) is 5.91 Å². The Kier molecular flexibility index (Phi) is 4.16. The van der Waals surface area contributed by atoms with Gasteiger partial charge in [-0.15, -0.1) is 0 Å². The highest BCUT2D eigenvalue weighted by Gasteiger charge is 2.37. The molecule has 0 spiro atoms. The van der Waals surface area contributed by atoms with Gasteiger partial charge in [0, 0.05) is 6.07 Å². The third-order valence-corrected chi connectivity index (χ3v) is 4.02. The number of aliphatic hydroxyl groups is 1. The summed E-state index contributed by atoms with van der Waals surface area (Å²) in [5.41, 5.74) is -1.90. The number of rotatable bonds is 3. The average molecular weight is 285 g/mol. The van der Waals surface area contributed by atoms with Gasteiger partial charge >= 0.3 is 0 Å². The molecular weight excluding hydrogens is 270 g/mol. The Bertz CT molecular complexity index is 521. The molecule has 1 aliphatic rings. The number of nitrogens with one attached hydrogen (secondary N) is 1. The summed E-state index contributed by atoms with van der Waals surface area (Å²) >= 11 is 1.71. The SMILES string of the molecule is O=C(NCc1cc(=O)c(O)co1)C1(O)CCSCC1.